The second kappa shape index (κ2) is 8.31. The highest BCUT2D eigenvalue weighted by Gasteiger charge is 2.15. The number of hydrogen-bond acceptors (Lipinski definition) is 4. The Labute approximate surface area is 104 Å². The van der Waals surface area contributed by atoms with Crippen LogP contribution in [-0.4, -0.2) is 37.5 Å². The minimum Gasteiger partial charge on any atom is -0.444 e. The number of nitrogens with two attached hydrogens (primary N) is 1. The molecular weight excluding hydrogens is 220 g/mol. The summed E-state index contributed by atoms with van der Waals surface area (Å²) >= 11 is 0. The summed E-state index contributed by atoms with van der Waals surface area (Å²) in [7, 11) is 0. The smallest absolute Gasteiger partial charge is 0.407 e. The maximum Gasteiger partial charge on any atom is 0.407 e. The first-order valence-corrected chi connectivity index (χ1v) is 6.15. The monoisotopic (exact) mass is 246 g/mol. The summed E-state index contributed by atoms with van der Waals surface area (Å²) in [6.45, 7) is 9.29. The van der Waals surface area contributed by atoms with E-state index in [2.05, 4.69) is 5.32 Å². The van der Waals surface area contributed by atoms with Crippen LogP contribution in [0.1, 0.15) is 40.5 Å². The fraction of sp³-hybridized carbons (Fsp3) is 0.917. The molecule has 0 aromatic heterocycles. The molecule has 0 heterocycles. The van der Waals surface area contributed by atoms with Gasteiger partial charge in [0.2, 0.25) is 0 Å². The number of rotatable bonds is 7. The zero-order chi connectivity index (χ0) is 13.3. The number of nitrogens with one attached hydrogen (secondary N) is 1. The van der Waals surface area contributed by atoms with Crippen LogP contribution in [-0.2, 0) is 9.47 Å². The van der Waals surface area contributed by atoms with Gasteiger partial charge in [0.15, 0.2) is 0 Å². The predicted octanol–water partition coefficient (Wildman–Crippen LogP) is 1.66. The standard InChI is InChI=1S/C12H26N2O3/c1-5-16-9-10(13)7-6-8-14-11(15)17-12(2,3)4/h10H,5-9,13H2,1-4H3,(H,14,15)/t10-/m0/s1. The van der Waals surface area contributed by atoms with E-state index >= 15 is 0 Å². The molecular formula is C12H26N2O3. The molecule has 0 aliphatic carbocycles. The molecule has 0 radical (unpaired) electrons. The van der Waals surface area contributed by atoms with Crippen molar-refractivity contribution >= 4 is 6.09 Å². The first-order valence-electron chi connectivity index (χ1n) is 6.15. The molecule has 102 valence electrons. The van der Waals surface area contributed by atoms with Gasteiger partial charge in [0.1, 0.15) is 5.60 Å². The van der Waals surface area contributed by atoms with Gasteiger partial charge in [0.05, 0.1) is 6.61 Å². The third-order valence-electron chi connectivity index (χ3n) is 1.96. The summed E-state index contributed by atoms with van der Waals surface area (Å²) in [4.78, 5) is 11.3. The molecule has 0 bridgehead atoms. The summed E-state index contributed by atoms with van der Waals surface area (Å²) in [6.07, 6.45) is 1.28. The number of amides is 1. The van der Waals surface area contributed by atoms with Crippen molar-refractivity contribution in [3.05, 3.63) is 0 Å². The Morgan fingerprint density at radius 3 is 2.59 bits per heavy atom. The van der Waals surface area contributed by atoms with Gasteiger partial charge in [0, 0.05) is 19.2 Å². The van der Waals surface area contributed by atoms with Gasteiger partial charge in [-0.25, -0.2) is 4.79 Å². The van der Waals surface area contributed by atoms with Crippen LogP contribution in [0.15, 0.2) is 0 Å². The minimum atomic E-state index is -0.449. The van der Waals surface area contributed by atoms with Gasteiger partial charge in [-0.1, -0.05) is 0 Å². The third kappa shape index (κ3) is 11.5. The van der Waals surface area contributed by atoms with E-state index in [4.69, 9.17) is 15.2 Å². The predicted molar refractivity (Wildman–Crippen MR) is 67.9 cm³/mol. The summed E-state index contributed by atoms with van der Waals surface area (Å²) < 4.78 is 10.3. The van der Waals surface area contributed by atoms with Crippen molar-refractivity contribution in [3.8, 4) is 0 Å². The molecule has 0 spiro atoms. The first-order chi connectivity index (χ1) is 7.85. The molecule has 0 rings (SSSR count). The van der Waals surface area contributed by atoms with E-state index in [1.807, 2.05) is 27.7 Å². The third-order valence-corrected chi connectivity index (χ3v) is 1.96. The van der Waals surface area contributed by atoms with Crippen LogP contribution in [0.4, 0.5) is 4.79 Å². The molecule has 0 unspecified atom stereocenters. The average Bonchev–Trinajstić information content (AvgIpc) is 2.19. The van der Waals surface area contributed by atoms with Gasteiger partial charge >= 0.3 is 6.09 Å². The molecule has 1 amide bonds. The van der Waals surface area contributed by atoms with E-state index in [1.54, 1.807) is 0 Å². The highest BCUT2D eigenvalue weighted by Crippen LogP contribution is 2.06. The van der Waals surface area contributed by atoms with E-state index in [-0.39, 0.29) is 12.1 Å². The lowest BCUT2D eigenvalue weighted by Gasteiger charge is -2.19. The van der Waals surface area contributed by atoms with Crippen molar-refractivity contribution in [2.75, 3.05) is 19.8 Å². The summed E-state index contributed by atoms with van der Waals surface area (Å²) in [5, 5.41) is 2.69. The minimum absolute atomic E-state index is 0.0374. The Bertz CT molecular complexity index is 214. The van der Waals surface area contributed by atoms with Crippen molar-refractivity contribution in [3.63, 3.8) is 0 Å². The molecule has 1 atom stereocenters. The van der Waals surface area contributed by atoms with Gasteiger partial charge in [0.25, 0.3) is 0 Å². The highest BCUT2D eigenvalue weighted by molar-refractivity contribution is 5.67. The second-order valence-electron chi connectivity index (χ2n) is 4.99. The molecule has 0 saturated carbocycles. The van der Waals surface area contributed by atoms with E-state index in [1.165, 1.54) is 0 Å². The summed E-state index contributed by atoms with van der Waals surface area (Å²) in [6, 6.07) is 0.0374. The van der Waals surface area contributed by atoms with Crippen LogP contribution in [0.2, 0.25) is 0 Å². The van der Waals surface area contributed by atoms with E-state index in [0.29, 0.717) is 19.8 Å². The lowest BCUT2D eigenvalue weighted by atomic mass is 10.2. The van der Waals surface area contributed by atoms with E-state index < -0.39 is 5.60 Å². The Kier molecular flexibility index (Phi) is 7.91. The van der Waals surface area contributed by atoms with Crippen molar-refractivity contribution < 1.29 is 14.3 Å². The lowest BCUT2D eigenvalue weighted by Crippen LogP contribution is -2.34. The first kappa shape index (κ1) is 16.2. The van der Waals surface area contributed by atoms with Gasteiger partial charge in [-0.05, 0) is 40.5 Å². The van der Waals surface area contributed by atoms with Crippen molar-refractivity contribution in [2.45, 2.75) is 52.2 Å². The highest BCUT2D eigenvalue weighted by atomic mass is 16.6. The van der Waals surface area contributed by atoms with Crippen molar-refractivity contribution in [2.24, 2.45) is 5.73 Å². The average molecular weight is 246 g/mol. The lowest BCUT2D eigenvalue weighted by molar-refractivity contribution is 0.0526. The Morgan fingerprint density at radius 2 is 2.06 bits per heavy atom. The SMILES string of the molecule is CCOC[C@@H](N)CCCNC(=O)OC(C)(C)C. The fourth-order valence-corrected chi connectivity index (χ4v) is 1.22. The molecule has 17 heavy (non-hydrogen) atoms. The fourth-order valence-electron chi connectivity index (χ4n) is 1.22. The molecule has 0 fully saturated rings. The molecule has 0 saturated heterocycles. The number of alkyl carbamates (subject to hydrolysis) is 1. The Morgan fingerprint density at radius 1 is 1.41 bits per heavy atom. The van der Waals surface area contributed by atoms with Gasteiger partial charge in [-0.3, -0.25) is 0 Å². The summed E-state index contributed by atoms with van der Waals surface area (Å²) in [5.41, 5.74) is 5.36. The molecule has 5 heteroatoms. The zero-order valence-electron chi connectivity index (χ0n) is 11.4. The quantitative estimate of drug-likeness (QED) is 0.670. The normalized spacial score (nSPS) is 13.2. The van der Waals surface area contributed by atoms with Crippen LogP contribution >= 0.6 is 0 Å². The number of carbonyl (C=O) groups is 1. The van der Waals surface area contributed by atoms with Crippen LogP contribution in [0.3, 0.4) is 0 Å². The number of carbonyl (C=O) groups excluding carboxylic acids is 1. The van der Waals surface area contributed by atoms with Crippen LogP contribution < -0.4 is 11.1 Å². The maximum absolute atomic E-state index is 11.3. The van der Waals surface area contributed by atoms with Crippen LogP contribution in [0.5, 0.6) is 0 Å². The molecule has 5 nitrogen and oxygen atoms in total. The molecule has 0 aromatic rings. The van der Waals surface area contributed by atoms with E-state index in [0.717, 1.165) is 12.8 Å². The topological polar surface area (TPSA) is 73.6 Å². The molecule has 0 aliphatic rings. The molecule has 0 aromatic carbocycles. The van der Waals surface area contributed by atoms with Crippen LogP contribution in [0.25, 0.3) is 0 Å². The number of hydrogen-bond donors (Lipinski definition) is 2. The summed E-state index contributed by atoms with van der Waals surface area (Å²) in [5.74, 6) is 0. The zero-order valence-corrected chi connectivity index (χ0v) is 11.4. The van der Waals surface area contributed by atoms with Crippen molar-refractivity contribution in [1.29, 1.82) is 0 Å². The van der Waals surface area contributed by atoms with E-state index in [9.17, 15) is 4.79 Å². The van der Waals surface area contributed by atoms with Gasteiger partial charge in [-0.2, -0.15) is 0 Å². The Balaban J connectivity index is 3.48. The Hall–Kier alpha value is -0.810. The molecule has 3 N–H and O–H groups in total. The van der Waals surface area contributed by atoms with Gasteiger partial charge in [-0.15, -0.1) is 0 Å². The van der Waals surface area contributed by atoms with Crippen molar-refractivity contribution in [1.82, 2.24) is 5.32 Å². The van der Waals surface area contributed by atoms with Gasteiger partial charge < -0.3 is 20.5 Å². The largest absolute Gasteiger partial charge is 0.444 e. The second-order valence-corrected chi connectivity index (χ2v) is 4.99. The van der Waals surface area contributed by atoms with Crippen LogP contribution in [0, 0.1) is 0 Å². The maximum atomic E-state index is 11.3. The number of ether oxygens (including phenoxy) is 2. The molecule has 0 aliphatic heterocycles.